The first-order valence-corrected chi connectivity index (χ1v) is 8.61. The molecule has 1 rings (SSSR count). The molecule has 0 amide bonds. The third kappa shape index (κ3) is 9.36. The highest BCUT2D eigenvalue weighted by Crippen LogP contribution is 2.35. The van der Waals surface area contributed by atoms with Gasteiger partial charge >= 0.3 is 5.69 Å². The lowest BCUT2D eigenvalue weighted by Crippen LogP contribution is -2.19. The molecule has 0 aromatic heterocycles. The van der Waals surface area contributed by atoms with Gasteiger partial charge in [-0.25, -0.2) is 0 Å². The molecule has 0 unspecified atom stereocenters. The van der Waals surface area contributed by atoms with Gasteiger partial charge in [0, 0.05) is 20.5 Å². The van der Waals surface area contributed by atoms with Crippen molar-refractivity contribution in [2.24, 2.45) is 5.73 Å². The van der Waals surface area contributed by atoms with Crippen LogP contribution in [0.5, 0.6) is 0 Å². The molecule has 1 aromatic rings. The molecule has 0 fully saturated rings. The molecule has 21 heavy (non-hydrogen) atoms. The van der Waals surface area contributed by atoms with Crippen molar-refractivity contribution in [3.8, 4) is 0 Å². The van der Waals surface area contributed by atoms with Crippen LogP contribution in [0, 0.1) is 5.39 Å². The van der Waals surface area contributed by atoms with Crippen LogP contribution in [-0.4, -0.2) is 9.49 Å². The number of hydrogen-bond donors (Lipinski definition) is 1. The van der Waals surface area contributed by atoms with Crippen LogP contribution in [0.15, 0.2) is 16.6 Å². The minimum absolute atomic E-state index is 0.290. The van der Waals surface area contributed by atoms with E-state index >= 15 is 0 Å². The van der Waals surface area contributed by atoms with Crippen LogP contribution < -0.4 is 5.73 Å². The maximum atomic E-state index is 8.59. The lowest BCUT2D eigenvalue weighted by Gasteiger charge is -2.28. The molecule has 3 nitrogen and oxygen atoms in total. The molecule has 2 N–H and O–H groups in total. The lowest BCUT2D eigenvalue weighted by molar-refractivity contribution is 0.740. The van der Waals surface area contributed by atoms with Crippen LogP contribution in [0.4, 0.5) is 5.69 Å². The number of diazo groups is 1. The molecule has 0 atom stereocenters. The van der Waals surface area contributed by atoms with Gasteiger partial charge in [-0.15, -0.1) is 0 Å². The molecule has 0 spiro atoms. The van der Waals surface area contributed by atoms with Crippen molar-refractivity contribution in [3.05, 3.63) is 32.2 Å². The zero-order valence-electron chi connectivity index (χ0n) is 13.5. The number of nitrogens with two attached hydrogens (primary N) is 1. The van der Waals surface area contributed by atoms with Crippen LogP contribution in [0.3, 0.4) is 0 Å². The molecular formula is C15H24BrClN3S+. The SMILES string of the molecule is CC(C)(C)SC(C)(C)C.N#[N+]c1c(Cl)cc(Br)cc1CN. The van der Waals surface area contributed by atoms with E-state index < -0.39 is 0 Å². The van der Waals surface area contributed by atoms with Crippen molar-refractivity contribution in [3.63, 3.8) is 0 Å². The Kier molecular flexibility index (Phi) is 8.27. The molecule has 118 valence electrons. The summed E-state index contributed by atoms with van der Waals surface area (Å²) < 4.78 is 1.62. The second-order valence-electron chi connectivity index (χ2n) is 6.53. The minimum Gasteiger partial charge on any atom is -0.326 e. The van der Waals surface area contributed by atoms with Gasteiger partial charge in [0.05, 0.1) is 5.56 Å². The third-order valence-electron chi connectivity index (χ3n) is 2.04. The summed E-state index contributed by atoms with van der Waals surface area (Å²) in [7, 11) is 0. The van der Waals surface area contributed by atoms with Gasteiger partial charge in [0.2, 0.25) is 5.39 Å². The van der Waals surface area contributed by atoms with E-state index in [9.17, 15) is 0 Å². The summed E-state index contributed by atoms with van der Waals surface area (Å²) in [6.07, 6.45) is 0. The normalized spacial score (nSPS) is 11.4. The van der Waals surface area contributed by atoms with Crippen LogP contribution in [-0.2, 0) is 6.54 Å². The van der Waals surface area contributed by atoms with Gasteiger partial charge < -0.3 is 5.73 Å². The van der Waals surface area contributed by atoms with E-state index in [0.717, 1.165) is 4.47 Å². The molecule has 0 heterocycles. The van der Waals surface area contributed by atoms with Crippen molar-refractivity contribution in [1.82, 2.24) is 0 Å². The average Bonchev–Trinajstić information content (AvgIpc) is 2.23. The van der Waals surface area contributed by atoms with Crippen LogP contribution in [0.1, 0.15) is 47.1 Å². The largest absolute Gasteiger partial charge is 0.407 e. The Morgan fingerprint density at radius 3 is 1.95 bits per heavy atom. The molecule has 0 saturated carbocycles. The quantitative estimate of drug-likeness (QED) is 0.564. The molecule has 6 heteroatoms. The highest BCUT2D eigenvalue weighted by Gasteiger charge is 2.20. The van der Waals surface area contributed by atoms with E-state index in [-0.39, 0.29) is 0 Å². The van der Waals surface area contributed by atoms with Crippen molar-refractivity contribution in [2.75, 3.05) is 0 Å². The average molecular weight is 394 g/mol. The molecule has 0 saturated heterocycles. The smallest absolute Gasteiger partial charge is 0.326 e. The Balaban J connectivity index is 0.000000400. The summed E-state index contributed by atoms with van der Waals surface area (Å²) in [6.45, 7) is 13.8. The Hall–Kier alpha value is -0.280. The predicted octanol–water partition coefficient (Wildman–Crippen LogP) is 6.36. The second-order valence-corrected chi connectivity index (χ2v) is 10.5. The fraction of sp³-hybridized carbons (Fsp3) is 0.600. The topological polar surface area (TPSA) is 54.2 Å². The van der Waals surface area contributed by atoms with Gasteiger partial charge in [0.15, 0.2) is 4.98 Å². The summed E-state index contributed by atoms with van der Waals surface area (Å²) in [4.78, 5) is 3.05. The molecule has 0 radical (unpaired) electrons. The highest BCUT2D eigenvalue weighted by molar-refractivity contribution is 9.10. The standard InChI is InChI=1S/C8H18S.C7H6BrClN3/c1-7(2,3)9-8(4,5)6;8-5-1-4(3-10)7(12-11)6(9)2-5/h1-6H3;1-2H,3,10H2/q;+1. The van der Waals surface area contributed by atoms with Gasteiger partial charge in [-0.2, -0.15) is 11.8 Å². The monoisotopic (exact) mass is 392 g/mol. The Morgan fingerprint density at radius 2 is 1.67 bits per heavy atom. The summed E-state index contributed by atoms with van der Waals surface area (Å²) in [6, 6.07) is 3.41. The first-order valence-electron chi connectivity index (χ1n) is 6.63. The van der Waals surface area contributed by atoms with E-state index in [0.29, 0.717) is 32.3 Å². The van der Waals surface area contributed by atoms with E-state index in [1.165, 1.54) is 0 Å². The predicted molar refractivity (Wildman–Crippen MR) is 98.9 cm³/mol. The fourth-order valence-electron chi connectivity index (χ4n) is 1.81. The Morgan fingerprint density at radius 1 is 1.19 bits per heavy atom. The van der Waals surface area contributed by atoms with Crippen molar-refractivity contribution >= 4 is 45.0 Å². The van der Waals surface area contributed by atoms with Crippen LogP contribution in [0.25, 0.3) is 4.98 Å². The first-order chi connectivity index (χ1) is 9.39. The number of benzene rings is 1. The Bertz CT molecular complexity index is 501. The second kappa shape index (κ2) is 8.38. The van der Waals surface area contributed by atoms with Gasteiger partial charge in [0.1, 0.15) is 5.02 Å². The maximum absolute atomic E-state index is 8.59. The number of nitrogens with zero attached hydrogens (tertiary/aromatic N) is 2. The zero-order chi connectivity index (χ0) is 16.8. The highest BCUT2D eigenvalue weighted by atomic mass is 79.9. The van der Waals surface area contributed by atoms with Crippen molar-refractivity contribution in [1.29, 1.82) is 5.39 Å². The van der Waals surface area contributed by atoms with Gasteiger partial charge in [0.25, 0.3) is 0 Å². The molecule has 0 aliphatic carbocycles. The maximum Gasteiger partial charge on any atom is 0.407 e. The molecular weight excluding hydrogens is 370 g/mol. The summed E-state index contributed by atoms with van der Waals surface area (Å²) in [5, 5.41) is 8.97. The third-order valence-corrected chi connectivity index (χ3v) is 4.01. The van der Waals surface area contributed by atoms with E-state index in [2.05, 4.69) is 62.4 Å². The molecule has 0 aliphatic heterocycles. The minimum atomic E-state index is 0.290. The number of halogens is 2. The van der Waals surface area contributed by atoms with Gasteiger partial charge in [-0.1, -0.05) is 69.1 Å². The molecule has 1 aromatic carbocycles. The first kappa shape index (κ1) is 20.7. The molecule has 0 bridgehead atoms. The Labute approximate surface area is 145 Å². The van der Waals surface area contributed by atoms with E-state index in [1.54, 1.807) is 12.1 Å². The van der Waals surface area contributed by atoms with E-state index in [4.69, 9.17) is 22.7 Å². The summed E-state index contributed by atoms with van der Waals surface area (Å²) >= 11 is 11.0. The number of thioether (sulfide) groups is 1. The fourth-order valence-corrected chi connectivity index (χ4v) is 4.56. The summed E-state index contributed by atoms with van der Waals surface area (Å²) in [5.74, 6) is 0. The van der Waals surface area contributed by atoms with Gasteiger partial charge in [-0.05, 0) is 12.1 Å². The lowest BCUT2D eigenvalue weighted by atomic mass is 10.2. The van der Waals surface area contributed by atoms with Crippen molar-refractivity contribution < 1.29 is 0 Å². The van der Waals surface area contributed by atoms with Crippen molar-refractivity contribution in [2.45, 2.75) is 57.6 Å². The van der Waals surface area contributed by atoms with Gasteiger partial charge in [-0.3, -0.25) is 0 Å². The van der Waals surface area contributed by atoms with Crippen LogP contribution in [0.2, 0.25) is 5.02 Å². The molecule has 0 aliphatic rings. The summed E-state index contributed by atoms with van der Waals surface area (Å²) in [5.41, 5.74) is 6.45. The van der Waals surface area contributed by atoms with Crippen LogP contribution >= 0.6 is 39.3 Å². The zero-order valence-corrected chi connectivity index (χ0v) is 16.7. The number of hydrogen-bond acceptors (Lipinski definition) is 3. The van der Waals surface area contributed by atoms with E-state index in [1.807, 2.05) is 11.8 Å². The number of rotatable bonds is 1.